The third-order valence-electron chi connectivity index (χ3n) is 4.34. The molecule has 0 aliphatic heterocycles. The van der Waals surface area contributed by atoms with Gasteiger partial charge in [-0.15, -0.1) is 0 Å². The van der Waals surface area contributed by atoms with Gasteiger partial charge in [-0.25, -0.2) is 4.79 Å². The monoisotopic (exact) mass is 419 g/mol. The van der Waals surface area contributed by atoms with Gasteiger partial charge in [0.2, 0.25) is 17.7 Å². The van der Waals surface area contributed by atoms with Gasteiger partial charge in [-0.3, -0.25) is 14.4 Å². The highest BCUT2D eigenvalue weighted by Gasteiger charge is 2.28. The first kappa shape index (κ1) is 26.1. The maximum absolute atomic E-state index is 12.5. The lowest BCUT2D eigenvalue weighted by Gasteiger charge is -2.25. The van der Waals surface area contributed by atoms with E-state index < -0.39 is 48.4 Å². The number of rotatable bonds is 14. The number of carbonyl (C=O) groups is 4. The zero-order chi connectivity index (χ0) is 21.7. The van der Waals surface area contributed by atoms with E-state index in [9.17, 15) is 19.2 Å². The van der Waals surface area contributed by atoms with E-state index in [-0.39, 0.29) is 11.7 Å². The number of hydrogen-bond acceptors (Lipinski definition) is 7. The number of carbonyl (C=O) groups excluding carboxylic acids is 3. The summed E-state index contributed by atoms with van der Waals surface area (Å²) < 4.78 is 0. The molecule has 0 saturated heterocycles. The summed E-state index contributed by atoms with van der Waals surface area (Å²) in [5.74, 6) is -3.13. The second-order valence-corrected chi connectivity index (χ2v) is 6.99. The highest BCUT2D eigenvalue weighted by Crippen LogP contribution is 2.09. The maximum Gasteiger partial charge on any atom is 0.327 e. The SMILES string of the molecule is CCC(C)C(NC(=O)C(N)CCCCN)C(=O)NCC(=O)NC(CS)C(=O)O. The van der Waals surface area contributed by atoms with Crippen LogP contribution in [0.15, 0.2) is 0 Å². The summed E-state index contributed by atoms with van der Waals surface area (Å²) >= 11 is 3.85. The molecule has 8 N–H and O–H groups in total. The molecule has 0 aliphatic carbocycles. The van der Waals surface area contributed by atoms with Crippen molar-refractivity contribution in [2.45, 2.75) is 57.7 Å². The lowest BCUT2D eigenvalue weighted by atomic mass is 9.97. The van der Waals surface area contributed by atoms with Crippen molar-refractivity contribution in [2.75, 3.05) is 18.8 Å². The Morgan fingerprint density at radius 2 is 1.75 bits per heavy atom. The molecule has 0 rings (SSSR count). The Balaban J connectivity index is 4.75. The van der Waals surface area contributed by atoms with Crippen LogP contribution in [0.2, 0.25) is 0 Å². The number of carboxylic acid groups (broad SMARTS) is 1. The highest BCUT2D eigenvalue weighted by molar-refractivity contribution is 7.80. The molecule has 0 fully saturated rings. The minimum atomic E-state index is -1.22. The fourth-order valence-electron chi connectivity index (χ4n) is 2.31. The fraction of sp³-hybridized carbons (Fsp3) is 0.765. The second-order valence-electron chi connectivity index (χ2n) is 6.62. The van der Waals surface area contributed by atoms with Crippen molar-refractivity contribution in [3.63, 3.8) is 0 Å². The van der Waals surface area contributed by atoms with Crippen LogP contribution in [0, 0.1) is 5.92 Å². The predicted octanol–water partition coefficient (Wildman–Crippen LogP) is -1.41. The van der Waals surface area contributed by atoms with Crippen molar-refractivity contribution in [3.8, 4) is 0 Å². The molecule has 0 aromatic carbocycles. The lowest BCUT2D eigenvalue weighted by molar-refractivity contribution is -0.141. The van der Waals surface area contributed by atoms with Gasteiger partial charge in [0, 0.05) is 5.75 Å². The van der Waals surface area contributed by atoms with Crippen LogP contribution in [-0.4, -0.2) is 65.8 Å². The molecule has 0 heterocycles. The normalized spacial score (nSPS) is 15.0. The molecule has 4 atom stereocenters. The average Bonchev–Trinajstić information content (AvgIpc) is 2.67. The van der Waals surface area contributed by atoms with Crippen LogP contribution in [-0.2, 0) is 19.2 Å². The predicted molar refractivity (Wildman–Crippen MR) is 109 cm³/mol. The van der Waals surface area contributed by atoms with Crippen LogP contribution in [0.3, 0.4) is 0 Å². The number of hydrogen-bond donors (Lipinski definition) is 7. The summed E-state index contributed by atoms with van der Waals surface area (Å²) in [7, 11) is 0. The van der Waals surface area contributed by atoms with E-state index in [0.717, 1.165) is 6.42 Å². The van der Waals surface area contributed by atoms with Crippen molar-refractivity contribution in [1.29, 1.82) is 0 Å². The molecule has 0 saturated carbocycles. The topological polar surface area (TPSA) is 177 Å². The second kappa shape index (κ2) is 14.2. The van der Waals surface area contributed by atoms with Gasteiger partial charge in [0.05, 0.1) is 12.6 Å². The standard InChI is InChI=1S/C17H33N5O5S/c1-3-10(2)14(22-15(24)11(19)6-4-5-7-18)16(25)20-8-13(23)21-12(9-28)17(26)27/h10-12,14,28H,3-9,18-19H2,1-2H3,(H,20,25)(H,21,23)(H,22,24)(H,26,27). The molecular formula is C17H33N5O5S. The molecule has 162 valence electrons. The molecule has 3 amide bonds. The number of unbranched alkanes of at least 4 members (excludes halogenated alkanes) is 1. The number of nitrogens with one attached hydrogen (secondary N) is 3. The van der Waals surface area contributed by atoms with Crippen molar-refractivity contribution < 1.29 is 24.3 Å². The molecule has 0 aliphatic rings. The molecular weight excluding hydrogens is 386 g/mol. The van der Waals surface area contributed by atoms with E-state index in [1.54, 1.807) is 6.92 Å². The van der Waals surface area contributed by atoms with Crippen LogP contribution in [0.25, 0.3) is 0 Å². The van der Waals surface area contributed by atoms with E-state index >= 15 is 0 Å². The van der Waals surface area contributed by atoms with E-state index in [1.807, 2.05) is 6.92 Å². The molecule has 4 unspecified atom stereocenters. The van der Waals surface area contributed by atoms with Crippen LogP contribution in [0.4, 0.5) is 0 Å². The zero-order valence-electron chi connectivity index (χ0n) is 16.4. The van der Waals surface area contributed by atoms with Crippen LogP contribution in [0.1, 0.15) is 39.5 Å². The third-order valence-corrected chi connectivity index (χ3v) is 4.70. The summed E-state index contributed by atoms with van der Waals surface area (Å²) in [5, 5.41) is 16.2. The van der Waals surface area contributed by atoms with Gasteiger partial charge < -0.3 is 32.5 Å². The first-order valence-electron chi connectivity index (χ1n) is 9.34. The highest BCUT2D eigenvalue weighted by atomic mass is 32.1. The summed E-state index contributed by atoms with van der Waals surface area (Å²) in [5.41, 5.74) is 11.3. The van der Waals surface area contributed by atoms with Crippen molar-refractivity contribution in [1.82, 2.24) is 16.0 Å². The molecule has 0 aromatic heterocycles. The van der Waals surface area contributed by atoms with Crippen molar-refractivity contribution in [3.05, 3.63) is 0 Å². The number of amides is 3. The van der Waals surface area contributed by atoms with Crippen LogP contribution in [0.5, 0.6) is 0 Å². The Bertz CT molecular complexity index is 534. The zero-order valence-corrected chi connectivity index (χ0v) is 17.3. The van der Waals surface area contributed by atoms with Gasteiger partial charge in [-0.2, -0.15) is 12.6 Å². The Kier molecular flexibility index (Phi) is 13.3. The lowest BCUT2D eigenvalue weighted by Crippen LogP contribution is -2.55. The van der Waals surface area contributed by atoms with E-state index in [1.165, 1.54) is 0 Å². The minimum Gasteiger partial charge on any atom is -0.480 e. The van der Waals surface area contributed by atoms with Gasteiger partial charge in [-0.05, 0) is 25.3 Å². The molecule has 0 bridgehead atoms. The van der Waals surface area contributed by atoms with Crippen molar-refractivity contribution in [2.24, 2.45) is 17.4 Å². The molecule has 11 heteroatoms. The van der Waals surface area contributed by atoms with E-state index in [0.29, 0.717) is 25.8 Å². The summed E-state index contributed by atoms with van der Waals surface area (Å²) in [6, 6.07) is -2.75. The van der Waals surface area contributed by atoms with E-state index in [4.69, 9.17) is 16.6 Å². The first-order valence-corrected chi connectivity index (χ1v) is 9.97. The van der Waals surface area contributed by atoms with Gasteiger partial charge >= 0.3 is 5.97 Å². The summed E-state index contributed by atoms with van der Waals surface area (Å²) in [6.07, 6.45) is 2.55. The molecule has 0 spiro atoms. The van der Waals surface area contributed by atoms with Crippen molar-refractivity contribution >= 4 is 36.3 Å². The number of carboxylic acids is 1. The molecule has 0 aromatic rings. The minimum absolute atomic E-state index is 0.0807. The van der Waals surface area contributed by atoms with E-state index in [2.05, 4.69) is 28.6 Å². The number of aliphatic carboxylic acids is 1. The van der Waals surface area contributed by atoms with Gasteiger partial charge in [0.15, 0.2) is 0 Å². The fourth-order valence-corrected chi connectivity index (χ4v) is 2.56. The average molecular weight is 420 g/mol. The third kappa shape index (κ3) is 9.90. The summed E-state index contributed by atoms with van der Waals surface area (Å²) in [6.45, 7) is 3.77. The van der Waals surface area contributed by atoms with Crippen LogP contribution < -0.4 is 27.4 Å². The van der Waals surface area contributed by atoms with Crippen LogP contribution >= 0.6 is 12.6 Å². The largest absolute Gasteiger partial charge is 0.480 e. The Hall–Kier alpha value is -1.85. The number of nitrogens with two attached hydrogens (primary N) is 2. The Morgan fingerprint density at radius 3 is 2.25 bits per heavy atom. The molecule has 28 heavy (non-hydrogen) atoms. The molecule has 10 nitrogen and oxygen atoms in total. The van der Waals surface area contributed by atoms with Gasteiger partial charge in [-0.1, -0.05) is 26.7 Å². The Labute approximate surface area is 171 Å². The first-order chi connectivity index (χ1) is 13.2. The maximum atomic E-state index is 12.5. The molecule has 0 radical (unpaired) electrons. The summed E-state index contributed by atoms with van der Waals surface area (Å²) in [4.78, 5) is 47.5. The van der Waals surface area contributed by atoms with Gasteiger partial charge in [0.1, 0.15) is 12.1 Å². The smallest absolute Gasteiger partial charge is 0.327 e. The number of thiol groups is 1. The quantitative estimate of drug-likeness (QED) is 0.134. The Morgan fingerprint density at radius 1 is 1.11 bits per heavy atom. The van der Waals surface area contributed by atoms with Gasteiger partial charge in [0.25, 0.3) is 0 Å².